The summed E-state index contributed by atoms with van der Waals surface area (Å²) in [5.41, 5.74) is 7.28. The van der Waals surface area contributed by atoms with E-state index >= 15 is 0 Å². The van der Waals surface area contributed by atoms with Gasteiger partial charge in [0.05, 0.1) is 5.60 Å². The molecule has 0 aliphatic carbocycles. The zero-order valence-electron chi connectivity index (χ0n) is 13.0. The number of amides is 2. The Kier molecular flexibility index (Phi) is 6.61. The molecule has 0 radical (unpaired) electrons. The molecule has 1 aromatic rings. The average Bonchev–Trinajstić information content (AvgIpc) is 2.56. The molecule has 2 amide bonds. The van der Waals surface area contributed by atoms with Crippen molar-refractivity contribution in [2.45, 2.75) is 24.9 Å². The molecule has 0 bridgehead atoms. The van der Waals surface area contributed by atoms with Crippen molar-refractivity contribution in [3.63, 3.8) is 0 Å². The maximum atomic E-state index is 10.8. The van der Waals surface area contributed by atoms with Gasteiger partial charge in [0.15, 0.2) is 0 Å². The second-order valence-corrected chi connectivity index (χ2v) is 6.20. The highest BCUT2D eigenvalue weighted by molar-refractivity contribution is 6.30. The normalized spacial score (nSPS) is 17.7. The fraction of sp³-hybridized carbons (Fsp3) is 0.533. The number of rotatable bonds is 6. The van der Waals surface area contributed by atoms with Gasteiger partial charge in [-0.25, -0.2) is 16.1 Å². The molecule has 1 aliphatic rings. The lowest BCUT2D eigenvalue weighted by atomic mass is 9.84. The van der Waals surface area contributed by atoms with E-state index in [1.165, 1.54) is 0 Å². The lowest BCUT2D eigenvalue weighted by molar-refractivity contribution is -0.0259. The van der Waals surface area contributed by atoms with E-state index < -0.39 is 11.6 Å². The van der Waals surface area contributed by atoms with Gasteiger partial charge in [0.25, 0.3) is 0 Å². The molecule has 0 unspecified atom stereocenters. The minimum atomic E-state index is -0.791. The van der Waals surface area contributed by atoms with Gasteiger partial charge in [0, 0.05) is 24.7 Å². The van der Waals surface area contributed by atoms with Crippen LogP contribution < -0.4 is 22.1 Å². The number of likely N-dealkylation sites (tertiary alicyclic amines) is 1. The number of hydrazine groups is 2. The Morgan fingerprint density at radius 1 is 1.39 bits per heavy atom. The molecule has 6 N–H and O–H groups in total. The number of nitrogens with one attached hydrogen (secondary N) is 3. The second-order valence-electron chi connectivity index (χ2n) is 5.76. The molecule has 0 spiro atoms. The fourth-order valence-corrected chi connectivity index (χ4v) is 2.97. The number of piperidine rings is 1. The van der Waals surface area contributed by atoms with E-state index in [-0.39, 0.29) is 0 Å². The number of benzene rings is 1. The number of nitrogens with zero attached hydrogens (tertiary/aromatic N) is 1. The molecule has 0 atom stereocenters. The van der Waals surface area contributed by atoms with Crippen LogP contribution in [0.4, 0.5) is 4.79 Å². The van der Waals surface area contributed by atoms with Gasteiger partial charge >= 0.3 is 6.03 Å². The van der Waals surface area contributed by atoms with E-state index in [0.29, 0.717) is 24.4 Å². The summed E-state index contributed by atoms with van der Waals surface area (Å²) in [7, 11) is 0. The zero-order valence-corrected chi connectivity index (χ0v) is 13.8. The Morgan fingerprint density at radius 2 is 2.13 bits per heavy atom. The van der Waals surface area contributed by atoms with Gasteiger partial charge < -0.3 is 10.0 Å². The van der Waals surface area contributed by atoms with E-state index in [9.17, 15) is 9.90 Å². The lowest BCUT2D eigenvalue weighted by Crippen LogP contribution is -2.48. The molecule has 0 aromatic heterocycles. The monoisotopic (exact) mass is 341 g/mol. The van der Waals surface area contributed by atoms with Gasteiger partial charge in [-0.3, -0.25) is 10.9 Å². The minimum Gasteiger partial charge on any atom is -0.385 e. The first-order chi connectivity index (χ1) is 11.0. The minimum absolute atomic E-state index is 0.463. The van der Waals surface area contributed by atoms with Gasteiger partial charge in [0.2, 0.25) is 0 Å². The second kappa shape index (κ2) is 8.47. The molecule has 1 heterocycles. The summed E-state index contributed by atoms with van der Waals surface area (Å²) in [6.07, 6.45) is 2.27. The van der Waals surface area contributed by atoms with Crippen molar-refractivity contribution in [1.29, 1.82) is 0 Å². The van der Waals surface area contributed by atoms with E-state index in [1.807, 2.05) is 29.7 Å². The average molecular weight is 342 g/mol. The molecule has 1 fully saturated rings. The smallest absolute Gasteiger partial charge is 0.343 e. The van der Waals surface area contributed by atoms with Crippen molar-refractivity contribution >= 4 is 17.6 Å². The number of aliphatic hydroxyl groups is 1. The molecular formula is C15H24ClN5O2. The van der Waals surface area contributed by atoms with Gasteiger partial charge in [-0.05, 0) is 43.5 Å². The van der Waals surface area contributed by atoms with Crippen LogP contribution >= 0.6 is 11.6 Å². The Hall–Kier alpha value is -1.38. The number of hydrogen-bond acceptors (Lipinski definition) is 5. The zero-order chi connectivity index (χ0) is 16.7. The summed E-state index contributed by atoms with van der Waals surface area (Å²) in [6, 6.07) is 7.00. The molecule has 1 aromatic carbocycles. The molecule has 23 heavy (non-hydrogen) atoms. The van der Waals surface area contributed by atoms with Gasteiger partial charge in [-0.2, -0.15) is 0 Å². The maximum absolute atomic E-state index is 10.8. The Bertz CT molecular complexity index is 520. The van der Waals surface area contributed by atoms with Crippen LogP contribution in [0.15, 0.2) is 24.3 Å². The SMILES string of the molecule is NNC(=O)NNCCCN1CCC(O)(c2cccc(Cl)c2)CC1. The first-order valence-electron chi connectivity index (χ1n) is 7.74. The quantitative estimate of drug-likeness (QED) is 0.227. The summed E-state index contributed by atoms with van der Waals surface area (Å²) in [5.74, 6) is 4.94. The maximum Gasteiger partial charge on any atom is 0.343 e. The number of hydrogen-bond donors (Lipinski definition) is 5. The van der Waals surface area contributed by atoms with Crippen LogP contribution in [0, 0.1) is 0 Å². The van der Waals surface area contributed by atoms with Gasteiger partial charge in [-0.1, -0.05) is 23.7 Å². The molecule has 0 saturated carbocycles. The van der Waals surface area contributed by atoms with Gasteiger partial charge in [-0.15, -0.1) is 0 Å². The molecule has 1 saturated heterocycles. The van der Waals surface area contributed by atoms with Crippen molar-refractivity contribution in [2.24, 2.45) is 5.84 Å². The number of urea groups is 1. The van der Waals surface area contributed by atoms with Crippen LogP contribution in [-0.2, 0) is 5.60 Å². The molecule has 8 heteroatoms. The third-order valence-corrected chi connectivity index (χ3v) is 4.39. The summed E-state index contributed by atoms with van der Waals surface area (Å²) in [6.45, 7) is 3.23. The number of halogens is 1. The van der Waals surface area contributed by atoms with Crippen LogP contribution in [0.3, 0.4) is 0 Å². The Balaban J connectivity index is 1.70. The largest absolute Gasteiger partial charge is 0.385 e. The topological polar surface area (TPSA) is 103 Å². The van der Waals surface area contributed by atoms with Crippen LogP contribution in [0.2, 0.25) is 5.02 Å². The van der Waals surface area contributed by atoms with Crippen LogP contribution in [0.1, 0.15) is 24.8 Å². The van der Waals surface area contributed by atoms with Crippen LogP contribution in [0.5, 0.6) is 0 Å². The van der Waals surface area contributed by atoms with Crippen LogP contribution in [0.25, 0.3) is 0 Å². The van der Waals surface area contributed by atoms with Gasteiger partial charge in [0.1, 0.15) is 0 Å². The number of nitrogens with two attached hydrogens (primary N) is 1. The van der Waals surface area contributed by atoms with Crippen LogP contribution in [-0.4, -0.2) is 42.2 Å². The highest BCUT2D eigenvalue weighted by atomic mass is 35.5. The first-order valence-corrected chi connectivity index (χ1v) is 8.11. The van der Waals surface area contributed by atoms with Crippen molar-refractivity contribution in [3.8, 4) is 0 Å². The highest BCUT2D eigenvalue weighted by Gasteiger charge is 2.33. The number of carbonyl (C=O) groups excluding carboxylic acids is 1. The summed E-state index contributed by atoms with van der Waals surface area (Å²) in [5, 5.41) is 11.5. The van der Waals surface area contributed by atoms with Crippen molar-refractivity contribution < 1.29 is 9.90 Å². The predicted octanol–water partition coefficient (Wildman–Crippen LogP) is 0.691. The summed E-state index contributed by atoms with van der Waals surface area (Å²) in [4.78, 5) is 13.2. The standard InChI is InChI=1S/C15H24ClN5O2/c16-13-4-1-3-12(11-13)15(23)5-9-21(10-6-15)8-2-7-18-20-14(22)19-17/h1,3-4,11,18,23H,2,5-10,17H2,(H2,19,20,22). The lowest BCUT2D eigenvalue weighted by Gasteiger charge is -2.38. The number of carbonyl (C=O) groups is 1. The van der Waals surface area contributed by atoms with E-state index in [1.54, 1.807) is 0 Å². The van der Waals surface area contributed by atoms with E-state index in [2.05, 4.69) is 15.8 Å². The molecule has 2 rings (SSSR count). The third kappa shape index (κ3) is 5.33. The molecule has 7 nitrogen and oxygen atoms in total. The van der Waals surface area contributed by atoms with Crippen molar-refractivity contribution in [3.05, 3.63) is 34.9 Å². The van der Waals surface area contributed by atoms with Crippen molar-refractivity contribution in [1.82, 2.24) is 21.2 Å². The molecule has 1 aliphatic heterocycles. The van der Waals surface area contributed by atoms with Crippen molar-refractivity contribution in [2.75, 3.05) is 26.2 Å². The Labute approximate surface area is 141 Å². The summed E-state index contributed by atoms with van der Waals surface area (Å²) >= 11 is 6.01. The highest BCUT2D eigenvalue weighted by Crippen LogP contribution is 2.33. The summed E-state index contributed by atoms with van der Waals surface area (Å²) < 4.78 is 0. The third-order valence-electron chi connectivity index (χ3n) is 4.15. The fourth-order valence-electron chi connectivity index (χ4n) is 2.78. The van der Waals surface area contributed by atoms with E-state index in [0.717, 1.165) is 31.6 Å². The molecule has 128 valence electrons. The first kappa shape index (κ1) is 18.0. The predicted molar refractivity (Wildman–Crippen MR) is 89.5 cm³/mol. The van der Waals surface area contributed by atoms with E-state index in [4.69, 9.17) is 17.4 Å². The molecular weight excluding hydrogens is 318 g/mol. The Morgan fingerprint density at radius 3 is 2.78 bits per heavy atom.